The van der Waals surface area contributed by atoms with Crippen LogP contribution in [0.4, 0.5) is 17.1 Å². The van der Waals surface area contributed by atoms with Crippen molar-refractivity contribution in [2.75, 3.05) is 4.90 Å². The summed E-state index contributed by atoms with van der Waals surface area (Å²) in [5.41, 5.74) is 16.2. The van der Waals surface area contributed by atoms with Crippen molar-refractivity contribution < 1.29 is 0 Å². The van der Waals surface area contributed by atoms with E-state index in [-0.39, 0.29) is 0 Å². The van der Waals surface area contributed by atoms with Crippen LogP contribution in [0.1, 0.15) is 16.7 Å². The minimum atomic E-state index is 0.901. The Morgan fingerprint density at radius 2 is 0.914 bits per heavy atom. The molecule has 0 saturated heterocycles. The van der Waals surface area contributed by atoms with Crippen LogP contribution in [0.15, 0.2) is 237 Å². The zero-order valence-corrected chi connectivity index (χ0v) is 32.2. The first-order valence-electron chi connectivity index (χ1n) is 20.1. The number of hydrogen-bond donors (Lipinski definition) is 0. The molecule has 1 nitrogen and oxygen atoms in total. The number of rotatable bonds is 6. The van der Waals surface area contributed by atoms with E-state index in [4.69, 9.17) is 0 Å². The lowest BCUT2D eigenvalue weighted by molar-refractivity contribution is 1.27. The predicted octanol–water partition coefficient (Wildman–Crippen LogP) is 15.5. The van der Waals surface area contributed by atoms with Crippen molar-refractivity contribution in [3.8, 4) is 33.4 Å². The van der Waals surface area contributed by atoms with Gasteiger partial charge in [0.15, 0.2) is 0 Å². The van der Waals surface area contributed by atoms with Crippen molar-refractivity contribution in [2.45, 2.75) is 6.42 Å². The van der Waals surface area contributed by atoms with Crippen molar-refractivity contribution >= 4 is 44.2 Å². The Labute approximate surface area is 340 Å². The molecular formula is C57H41N. The van der Waals surface area contributed by atoms with Gasteiger partial charge in [-0.3, -0.25) is 0 Å². The lowest BCUT2D eigenvalue weighted by Gasteiger charge is -2.26. The van der Waals surface area contributed by atoms with Gasteiger partial charge in [0.1, 0.15) is 0 Å². The van der Waals surface area contributed by atoms with Gasteiger partial charge < -0.3 is 4.90 Å². The fraction of sp³-hybridized carbons (Fsp3) is 0.0175. The molecule has 0 heterocycles. The summed E-state index contributed by atoms with van der Waals surface area (Å²) < 4.78 is 0. The second kappa shape index (κ2) is 15.6. The number of para-hydroxylation sites is 1. The number of anilines is 3. The molecule has 8 aromatic rings. The average Bonchev–Trinajstić information content (AvgIpc) is 3.66. The van der Waals surface area contributed by atoms with Gasteiger partial charge in [-0.2, -0.15) is 0 Å². The Morgan fingerprint density at radius 3 is 1.67 bits per heavy atom. The Bertz CT molecular complexity index is 2990. The molecule has 0 amide bonds. The number of fused-ring (bicyclic) bond motifs is 6. The molecule has 0 aromatic heterocycles. The highest BCUT2D eigenvalue weighted by molar-refractivity contribution is 6.04. The predicted molar refractivity (Wildman–Crippen MR) is 249 cm³/mol. The second-order valence-electron chi connectivity index (χ2n) is 14.9. The normalized spacial score (nSPS) is 16.9. The number of nitrogens with zero attached hydrogens (tertiary/aromatic N) is 1. The summed E-state index contributed by atoms with van der Waals surface area (Å²) in [6.45, 7) is 0. The van der Waals surface area contributed by atoms with E-state index in [9.17, 15) is 0 Å². The van der Waals surface area contributed by atoms with E-state index in [1.165, 1.54) is 77.2 Å². The smallest absolute Gasteiger partial charge is 0.0462 e. The fourth-order valence-electron chi connectivity index (χ4n) is 8.57. The molecule has 0 radical (unpaired) electrons. The summed E-state index contributed by atoms with van der Waals surface area (Å²) in [7, 11) is 0. The van der Waals surface area contributed by atoms with Gasteiger partial charge in [-0.1, -0.05) is 188 Å². The molecule has 1 heteroatoms. The molecule has 0 spiro atoms. The molecule has 0 unspecified atom stereocenters. The zero-order chi connectivity index (χ0) is 38.7. The highest BCUT2D eigenvalue weighted by Crippen LogP contribution is 2.47. The first kappa shape index (κ1) is 35.0. The fourth-order valence-corrected chi connectivity index (χ4v) is 8.57. The molecular weight excluding hydrogens is 699 g/mol. The third kappa shape index (κ3) is 6.74. The third-order valence-corrected chi connectivity index (χ3v) is 11.4. The standard InChI is InChI=1S/C57H41N/c1-2-4-6-9-19-43(20-10-7-5-3-1)54-39-56-53-27-17-26-50(55(53)40-57(56)52-25-16-15-24-51(52)54)44-32-36-49(37-33-44)58(47-22-11-8-12-23-47)48-34-30-42(31-35-48)46-29-28-41-18-13-14-21-45(41)38-46/h1-39H,40H2/b2-1-,3-1?,4-2?,5-3-,6-4+,7-5?,9-6?,10-7-,19-9+,20-10?,43-19?,43-20+. The summed E-state index contributed by atoms with van der Waals surface area (Å²) in [5, 5.41) is 5.11. The lowest BCUT2D eigenvalue weighted by atomic mass is 9.90. The lowest BCUT2D eigenvalue weighted by Crippen LogP contribution is -2.09. The first-order chi connectivity index (χ1) is 28.8. The molecule has 2 aliphatic rings. The summed E-state index contributed by atoms with van der Waals surface area (Å²) >= 11 is 0. The minimum absolute atomic E-state index is 0.901. The van der Waals surface area contributed by atoms with E-state index in [2.05, 4.69) is 236 Å². The van der Waals surface area contributed by atoms with Crippen LogP contribution in [0.3, 0.4) is 0 Å². The van der Waals surface area contributed by atoms with Crippen LogP contribution >= 0.6 is 0 Å². The van der Waals surface area contributed by atoms with E-state index in [0.29, 0.717) is 0 Å². The third-order valence-electron chi connectivity index (χ3n) is 11.4. The maximum Gasteiger partial charge on any atom is 0.0462 e. The quantitative estimate of drug-likeness (QED) is 0.164. The monoisotopic (exact) mass is 739 g/mol. The van der Waals surface area contributed by atoms with Gasteiger partial charge >= 0.3 is 0 Å². The number of hydrogen-bond acceptors (Lipinski definition) is 1. The maximum absolute atomic E-state index is 2.43. The van der Waals surface area contributed by atoms with Crippen LogP contribution in [0.5, 0.6) is 0 Å². The Hall–Kier alpha value is -7.48. The minimum Gasteiger partial charge on any atom is -0.311 e. The summed E-state index contributed by atoms with van der Waals surface area (Å²) in [6.07, 6.45) is 24.1. The second-order valence-corrected chi connectivity index (χ2v) is 14.9. The van der Waals surface area contributed by atoms with Gasteiger partial charge in [-0.15, -0.1) is 0 Å². The highest BCUT2D eigenvalue weighted by Gasteiger charge is 2.25. The Kier molecular flexibility index (Phi) is 9.39. The molecule has 0 fully saturated rings. The highest BCUT2D eigenvalue weighted by atomic mass is 15.1. The SMILES string of the molecule is C1=C\C=C/C=C(c2cc3c(c4ccccc24)Cc2c(-c4ccc(N(c5ccccc5)c5ccc(-c6ccc7ccccc7c6)cc5)cc4)cccc2-3)\C=C\C=C\C=C/1. The molecule has 8 aromatic carbocycles. The molecule has 0 N–H and O–H groups in total. The topological polar surface area (TPSA) is 3.24 Å². The van der Waals surface area contributed by atoms with Crippen LogP contribution in [-0.2, 0) is 6.42 Å². The van der Waals surface area contributed by atoms with Crippen molar-refractivity contribution in [3.63, 3.8) is 0 Å². The largest absolute Gasteiger partial charge is 0.311 e. The molecule has 10 rings (SSSR count). The molecule has 2 aliphatic carbocycles. The summed E-state index contributed by atoms with van der Waals surface area (Å²) in [4.78, 5) is 2.34. The van der Waals surface area contributed by atoms with Crippen molar-refractivity contribution in [1.82, 2.24) is 0 Å². The molecule has 0 aliphatic heterocycles. The molecule has 274 valence electrons. The van der Waals surface area contributed by atoms with Crippen LogP contribution < -0.4 is 4.90 Å². The van der Waals surface area contributed by atoms with Crippen LogP contribution in [0, 0.1) is 0 Å². The van der Waals surface area contributed by atoms with E-state index in [1.807, 2.05) is 6.08 Å². The molecule has 0 bridgehead atoms. The van der Waals surface area contributed by atoms with Gasteiger partial charge in [0.25, 0.3) is 0 Å². The molecule has 0 atom stereocenters. The number of benzene rings is 8. The van der Waals surface area contributed by atoms with Crippen molar-refractivity contribution in [3.05, 3.63) is 253 Å². The van der Waals surface area contributed by atoms with Gasteiger partial charge in [-0.05, 0) is 132 Å². The maximum atomic E-state index is 2.43. The van der Waals surface area contributed by atoms with Gasteiger partial charge in [0.05, 0.1) is 0 Å². The van der Waals surface area contributed by atoms with Crippen LogP contribution in [0.25, 0.3) is 60.5 Å². The Balaban J connectivity index is 1.00. The number of allylic oxidation sites excluding steroid dienone is 12. The zero-order valence-electron chi connectivity index (χ0n) is 32.2. The van der Waals surface area contributed by atoms with Crippen molar-refractivity contribution in [2.24, 2.45) is 0 Å². The Morgan fingerprint density at radius 1 is 0.328 bits per heavy atom. The van der Waals surface area contributed by atoms with Crippen LogP contribution in [0.2, 0.25) is 0 Å². The van der Waals surface area contributed by atoms with Crippen LogP contribution in [-0.4, -0.2) is 0 Å². The van der Waals surface area contributed by atoms with E-state index in [1.54, 1.807) is 0 Å². The van der Waals surface area contributed by atoms with E-state index >= 15 is 0 Å². The van der Waals surface area contributed by atoms with E-state index < -0.39 is 0 Å². The van der Waals surface area contributed by atoms with E-state index in [0.717, 1.165) is 23.5 Å². The average molecular weight is 740 g/mol. The van der Waals surface area contributed by atoms with Gasteiger partial charge in [-0.25, -0.2) is 0 Å². The van der Waals surface area contributed by atoms with Gasteiger partial charge in [0, 0.05) is 17.1 Å². The first-order valence-corrected chi connectivity index (χ1v) is 20.1. The molecule has 58 heavy (non-hydrogen) atoms. The molecule has 0 saturated carbocycles. The summed E-state index contributed by atoms with van der Waals surface area (Å²) in [6, 6.07) is 62.1. The summed E-state index contributed by atoms with van der Waals surface area (Å²) in [5.74, 6) is 0. The van der Waals surface area contributed by atoms with Crippen molar-refractivity contribution in [1.29, 1.82) is 0 Å². The van der Waals surface area contributed by atoms with Gasteiger partial charge in [0.2, 0.25) is 0 Å².